The summed E-state index contributed by atoms with van der Waals surface area (Å²) in [6, 6.07) is 8.24. The Morgan fingerprint density at radius 2 is 2.10 bits per heavy atom. The number of benzene rings is 1. The summed E-state index contributed by atoms with van der Waals surface area (Å²) < 4.78 is 5.56. The van der Waals surface area contributed by atoms with Gasteiger partial charge in [0, 0.05) is 11.1 Å². The van der Waals surface area contributed by atoms with Crippen molar-refractivity contribution in [2.24, 2.45) is 11.8 Å². The molecule has 0 aromatic heterocycles. The molecule has 0 bridgehead atoms. The number of hydrogen-bond acceptors (Lipinski definition) is 4. The number of likely N-dealkylation sites (N-methyl/N-ethyl adjacent to an activating group) is 1. The first kappa shape index (κ1) is 16.3. The Morgan fingerprint density at radius 3 is 2.67 bits per heavy atom. The Bertz CT molecular complexity index is 463. The fraction of sp³-hybridized carbons (Fsp3) is 0.647. The molecule has 118 valence electrons. The lowest BCUT2D eigenvalue weighted by Gasteiger charge is -2.50. The van der Waals surface area contributed by atoms with Crippen LogP contribution in [0.2, 0.25) is 0 Å². The molecule has 0 saturated heterocycles. The van der Waals surface area contributed by atoms with Crippen LogP contribution >= 0.6 is 0 Å². The van der Waals surface area contributed by atoms with Crippen LogP contribution in [0, 0.1) is 5.92 Å². The number of nitrogens with two attached hydrogens (primary N) is 1. The normalized spacial score (nSPS) is 27.6. The quantitative estimate of drug-likeness (QED) is 0.647. The molecule has 0 aliphatic heterocycles. The van der Waals surface area contributed by atoms with Crippen LogP contribution in [-0.4, -0.2) is 31.6 Å². The van der Waals surface area contributed by atoms with E-state index in [1.165, 1.54) is 12.8 Å². The Balaban J connectivity index is 2.45. The van der Waals surface area contributed by atoms with Gasteiger partial charge in [0.15, 0.2) is 0 Å². The number of ether oxygens (including phenoxy) is 1. The van der Waals surface area contributed by atoms with Gasteiger partial charge < -0.3 is 9.64 Å². The molecule has 1 aliphatic carbocycles. The highest BCUT2D eigenvalue weighted by Crippen LogP contribution is 2.45. The lowest BCUT2D eigenvalue weighted by atomic mass is 9.69. The Morgan fingerprint density at radius 1 is 1.38 bits per heavy atom. The summed E-state index contributed by atoms with van der Waals surface area (Å²) in [5.74, 6) is 7.61. The Labute approximate surface area is 128 Å². The number of hydrogen-bond donors (Lipinski definition) is 2. The minimum atomic E-state index is 0.0288. The van der Waals surface area contributed by atoms with E-state index in [2.05, 4.69) is 43.5 Å². The van der Waals surface area contributed by atoms with E-state index in [4.69, 9.17) is 10.6 Å². The number of rotatable bonds is 5. The Kier molecular flexibility index (Phi) is 5.25. The van der Waals surface area contributed by atoms with Crippen molar-refractivity contribution in [1.29, 1.82) is 0 Å². The van der Waals surface area contributed by atoms with E-state index in [9.17, 15) is 0 Å². The van der Waals surface area contributed by atoms with Gasteiger partial charge in [0.25, 0.3) is 0 Å². The van der Waals surface area contributed by atoms with Crippen molar-refractivity contribution in [1.82, 2.24) is 10.3 Å². The maximum absolute atomic E-state index is 6.00. The van der Waals surface area contributed by atoms with E-state index >= 15 is 0 Å². The van der Waals surface area contributed by atoms with Crippen molar-refractivity contribution in [3.8, 4) is 5.75 Å². The number of nitrogens with one attached hydrogen (secondary N) is 1. The number of hydrazine groups is 1. The van der Waals surface area contributed by atoms with Gasteiger partial charge in [0.05, 0.1) is 13.2 Å². The fourth-order valence-corrected chi connectivity index (χ4v) is 3.93. The first-order valence-corrected chi connectivity index (χ1v) is 7.81. The fourth-order valence-electron chi connectivity index (χ4n) is 3.93. The highest BCUT2D eigenvalue weighted by atomic mass is 16.5. The van der Waals surface area contributed by atoms with Gasteiger partial charge >= 0.3 is 0 Å². The molecule has 3 unspecified atom stereocenters. The molecule has 1 aromatic carbocycles. The van der Waals surface area contributed by atoms with Crippen molar-refractivity contribution in [3.05, 3.63) is 29.8 Å². The maximum atomic E-state index is 6.00. The Hall–Kier alpha value is -1.10. The van der Waals surface area contributed by atoms with Crippen molar-refractivity contribution >= 4 is 0 Å². The van der Waals surface area contributed by atoms with Gasteiger partial charge in [-0.3, -0.25) is 11.3 Å². The minimum Gasteiger partial charge on any atom is -0.496 e. The highest BCUT2D eigenvalue weighted by molar-refractivity contribution is 5.38. The average molecular weight is 291 g/mol. The van der Waals surface area contributed by atoms with E-state index in [-0.39, 0.29) is 11.6 Å². The van der Waals surface area contributed by atoms with Crippen LogP contribution < -0.4 is 16.0 Å². The minimum absolute atomic E-state index is 0.0288. The predicted molar refractivity (Wildman–Crippen MR) is 87.1 cm³/mol. The van der Waals surface area contributed by atoms with Crippen LogP contribution in [0.3, 0.4) is 0 Å². The van der Waals surface area contributed by atoms with E-state index in [0.29, 0.717) is 5.92 Å². The summed E-state index contributed by atoms with van der Waals surface area (Å²) in [6.45, 7) is 2.34. The van der Waals surface area contributed by atoms with Crippen LogP contribution in [0.1, 0.15) is 44.2 Å². The zero-order valence-electron chi connectivity index (χ0n) is 13.7. The molecule has 1 fully saturated rings. The van der Waals surface area contributed by atoms with Gasteiger partial charge in [-0.15, -0.1) is 0 Å². The van der Waals surface area contributed by atoms with Gasteiger partial charge in [-0.2, -0.15) is 0 Å². The summed E-state index contributed by atoms with van der Waals surface area (Å²) in [4.78, 5) is 2.35. The van der Waals surface area contributed by atoms with E-state index in [1.807, 2.05) is 12.1 Å². The molecule has 0 amide bonds. The van der Waals surface area contributed by atoms with Gasteiger partial charge in [-0.05, 0) is 38.9 Å². The predicted octanol–water partition coefficient (Wildman–Crippen LogP) is 2.71. The van der Waals surface area contributed by atoms with E-state index < -0.39 is 0 Å². The maximum Gasteiger partial charge on any atom is 0.123 e. The smallest absolute Gasteiger partial charge is 0.123 e. The second-order valence-corrected chi connectivity index (χ2v) is 6.54. The lowest BCUT2D eigenvalue weighted by molar-refractivity contribution is 0.0358. The molecular formula is C17H29N3O. The van der Waals surface area contributed by atoms with Crippen LogP contribution in [0.4, 0.5) is 0 Å². The van der Waals surface area contributed by atoms with E-state index in [0.717, 1.165) is 24.2 Å². The monoisotopic (exact) mass is 291 g/mol. The first-order chi connectivity index (χ1) is 10.0. The van der Waals surface area contributed by atoms with E-state index in [1.54, 1.807) is 7.11 Å². The van der Waals surface area contributed by atoms with Crippen molar-refractivity contribution in [2.75, 3.05) is 21.2 Å². The third kappa shape index (κ3) is 3.07. The SMILES string of the molecule is COc1ccccc1C(NN)C1(N(C)C)CCCC(C)C1. The van der Waals surface area contributed by atoms with Crippen LogP contribution in [0.5, 0.6) is 5.75 Å². The molecule has 3 atom stereocenters. The molecule has 0 heterocycles. The summed E-state index contributed by atoms with van der Waals surface area (Å²) in [6.07, 6.45) is 4.84. The molecule has 1 aromatic rings. The molecule has 0 spiro atoms. The van der Waals surface area contributed by atoms with Gasteiger partial charge in [0.2, 0.25) is 0 Å². The topological polar surface area (TPSA) is 50.5 Å². The van der Waals surface area contributed by atoms with Crippen molar-refractivity contribution in [3.63, 3.8) is 0 Å². The van der Waals surface area contributed by atoms with Gasteiger partial charge in [0.1, 0.15) is 5.75 Å². The molecule has 4 heteroatoms. The van der Waals surface area contributed by atoms with Crippen LogP contribution in [-0.2, 0) is 0 Å². The molecular weight excluding hydrogens is 262 g/mol. The van der Waals surface area contributed by atoms with Crippen LogP contribution in [0.25, 0.3) is 0 Å². The van der Waals surface area contributed by atoms with Gasteiger partial charge in [-0.1, -0.05) is 38.0 Å². The highest BCUT2D eigenvalue weighted by Gasteiger charge is 2.44. The first-order valence-electron chi connectivity index (χ1n) is 7.81. The van der Waals surface area contributed by atoms with Gasteiger partial charge in [-0.25, -0.2) is 0 Å². The zero-order chi connectivity index (χ0) is 15.5. The van der Waals surface area contributed by atoms with Crippen LogP contribution in [0.15, 0.2) is 24.3 Å². The molecule has 1 saturated carbocycles. The molecule has 2 rings (SSSR count). The molecule has 1 aliphatic rings. The largest absolute Gasteiger partial charge is 0.496 e. The standard InChI is InChI=1S/C17H29N3O/c1-13-8-7-11-17(12-13,20(2)3)16(19-18)14-9-5-6-10-15(14)21-4/h5-6,9-10,13,16,19H,7-8,11-12,18H2,1-4H3. The summed E-state index contributed by atoms with van der Waals surface area (Å²) in [5, 5.41) is 0. The third-order valence-electron chi connectivity index (χ3n) is 5.05. The number of methoxy groups -OCH3 is 1. The summed E-state index contributed by atoms with van der Waals surface area (Å²) >= 11 is 0. The summed E-state index contributed by atoms with van der Waals surface area (Å²) in [5.41, 5.74) is 4.26. The molecule has 4 nitrogen and oxygen atoms in total. The average Bonchev–Trinajstić information content (AvgIpc) is 2.48. The molecule has 21 heavy (non-hydrogen) atoms. The summed E-state index contributed by atoms with van der Waals surface area (Å²) in [7, 11) is 6.05. The molecule has 0 radical (unpaired) electrons. The molecule has 3 N–H and O–H groups in total. The zero-order valence-corrected chi connectivity index (χ0v) is 13.7. The third-order valence-corrected chi connectivity index (χ3v) is 5.05. The second-order valence-electron chi connectivity index (χ2n) is 6.54. The number of para-hydroxylation sites is 1. The lowest BCUT2D eigenvalue weighted by Crippen LogP contribution is -2.57. The second kappa shape index (κ2) is 6.77. The number of nitrogens with zero attached hydrogens (tertiary/aromatic N) is 1. The van der Waals surface area contributed by atoms with Crippen molar-refractivity contribution < 1.29 is 4.74 Å². The van der Waals surface area contributed by atoms with Crippen molar-refractivity contribution in [2.45, 2.75) is 44.2 Å².